The molecule has 2 aromatic rings. The minimum absolute atomic E-state index is 0. The molecular weight excluding hydrogens is 321 g/mol. The zero-order valence-corrected chi connectivity index (χ0v) is 18.8. The van der Waals surface area contributed by atoms with Gasteiger partial charge in [0, 0.05) is 6.42 Å². The van der Waals surface area contributed by atoms with Crippen molar-refractivity contribution >= 4 is 5.70 Å². The van der Waals surface area contributed by atoms with Crippen molar-refractivity contribution in [3.63, 3.8) is 0 Å². The number of aromatic hydroxyl groups is 1. The van der Waals surface area contributed by atoms with Gasteiger partial charge in [-0.2, -0.15) is 0 Å². The molecule has 0 aliphatic rings. The first kappa shape index (κ1) is 23.4. The largest absolute Gasteiger partial charge is 1.00 e. The SMILES string of the molecule is CC.CCC/C=C(/[NH-])c1ccccc1Cc1ccc(C)cc1O.[K+]. The standard InChI is InChI=1S/C19H22NO.C2H6.K/c1-3-4-9-18(20)17-8-6-5-7-15(17)13-16-11-10-14(2)12-19(16)21;1-2;/h5-12,20-21H,3-4,13H2,1-2H3;1-2H3;/q-1;;+1/b18-9+;;. The number of rotatable bonds is 5. The summed E-state index contributed by atoms with van der Waals surface area (Å²) >= 11 is 0. The normalized spacial score (nSPS) is 10.4. The van der Waals surface area contributed by atoms with Crippen LogP contribution in [0, 0.1) is 6.92 Å². The molecule has 0 bridgehead atoms. The molecule has 0 aliphatic heterocycles. The first-order chi connectivity index (χ1) is 11.1. The predicted molar refractivity (Wildman–Crippen MR) is 101 cm³/mol. The summed E-state index contributed by atoms with van der Waals surface area (Å²) in [5, 5.41) is 10.1. The summed E-state index contributed by atoms with van der Waals surface area (Å²) in [5.74, 6) is 0.328. The van der Waals surface area contributed by atoms with Crippen LogP contribution in [0.4, 0.5) is 0 Å². The van der Waals surface area contributed by atoms with Crippen molar-refractivity contribution in [3.8, 4) is 5.75 Å². The number of phenolic OH excluding ortho intramolecular Hbond substituents is 1. The molecule has 0 saturated carbocycles. The van der Waals surface area contributed by atoms with Crippen molar-refractivity contribution in [2.75, 3.05) is 0 Å². The maximum absolute atomic E-state index is 10.1. The molecule has 2 rings (SSSR count). The summed E-state index contributed by atoms with van der Waals surface area (Å²) in [6.45, 7) is 8.08. The van der Waals surface area contributed by atoms with E-state index in [1.54, 1.807) is 6.07 Å². The van der Waals surface area contributed by atoms with Gasteiger partial charge in [0.2, 0.25) is 0 Å². The van der Waals surface area contributed by atoms with E-state index in [2.05, 4.69) is 6.92 Å². The monoisotopic (exact) mass is 349 g/mol. The Labute approximate surface area is 189 Å². The van der Waals surface area contributed by atoms with E-state index >= 15 is 0 Å². The summed E-state index contributed by atoms with van der Waals surface area (Å²) in [6.07, 6.45) is 4.57. The van der Waals surface area contributed by atoms with E-state index in [0.717, 1.165) is 35.1 Å². The zero-order valence-electron chi connectivity index (χ0n) is 15.7. The number of phenols is 1. The van der Waals surface area contributed by atoms with E-state index < -0.39 is 0 Å². The van der Waals surface area contributed by atoms with Crippen LogP contribution in [0.2, 0.25) is 0 Å². The number of benzene rings is 2. The molecular formula is C21H28KNO. The molecule has 0 aromatic heterocycles. The van der Waals surface area contributed by atoms with Gasteiger partial charge in [-0.25, -0.2) is 0 Å². The molecule has 0 heterocycles. The molecule has 2 N–H and O–H groups in total. The number of hydrogen-bond acceptors (Lipinski definition) is 1. The van der Waals surface area contributed by atoms with Gasteiger partial charge in [-0.15, -0.1) is 5.70 Å². The molecule has 0 spiro atoms. The van der Waals surface area contributed by atoms with Crippen LogP contribution < -0.4 is 51.4 Å². The summed E-state index contributed by atoms with van der Waals surface area (Å²) in [4.78, 5) is 0. The number of hydrogen-bond donors (Lipinski definition) is 1. The second-order valence-electron chi connectivity index (χ2n) is 5.37. The van der Waals surface area contributed by atoms with Gasteiger partial charge in [0.25, 0.3) is 0 Å². The van der Waals surface area contributed by atoms with Crippen molar-refractivity contribution in [2.24, 2.45) is 0 Å². The fourth-order valence-electron chi connectivity index (χ4n) is 2.36. The van der Waals surface area contributed by atoms with E-state index in [9.17, 15) is 5.11 Å². The smallest absolute Gasteiger partial charge is 0.698 e. The predicted octanol–water partition coefficient (Wildman–Crippen LogP) is 3.51. The van der Waals surface area contributed by atoms with E-state index in [1.165, 1.54) is 0 Å². The molecule has 3 heteroatoms. The van der Waals surface area contributed by atoms with Crippen LogP contribution in [-0.4, -0.2) is 5.11 Å². The van der Waals surface area contributed by atoms with E-state index in [1.807, 2.05) is 63.2 Å². The number of allylic oxidation sites excluding steroid dienone is 1. The second-order valence-corrected chi connectivity index (χ2v) is 5.37. The third kappa shape index (κ3) is 7.12. The molecule has 0 aliphatic carbocycles. The topological polar surface area (TPSA) is 44.0 Å². The molecule has 2 nitrogen and oxygen atoms in total. The van der Waals surface area contributed by atoms with Gasteiger partial charge in [0.15, 0.2) is 0 Å². The van der Waals surface area contributed by atoms with Crippen molar-refractivity contribution in [1.29, 1.82) is 0 Å². The summed E-state index contributed by atoms with van der Waals surface area (Å²) in [5.41, 5.74) is 12.8. The van der Waals surface area contributed by atoms with Gasteiger partial charge >= 0.3 is 51.4 Å². The molecule has 0 fully saturated rings. The average molecular weight is 350 g/mol. The summed E-state index contributed by atoms with van der Waals surface area (Å²) in [6, 6.07) is 13.7. The van der Waals surface area contributed by atoms with Crippen LogP contribution in [0.25, 0.3) is 11.4 Å². The van der Waals surface area contributed by atoms with Crippen molar-refractivity contribution in [1.82, 2.24) is 0 Å². The fourth-order valence-corrected chi connectivity index (χ4v) is 2.36. The molecule has 0 atom stereocenters. The maximum atomic E-state index is 10.1. The van der Waals surface area contributed by atoms with Crippen LogP contribution >= 0.6 is 0 Å². The summed E-state index contributed by atoms with van der Waals surface area (Å²) < 4.78 is 0. The second kappa shape index (κ2) is 12.7. The number of nitrogens with one attached hydrogen (secondary N) is 1. The van der Waals surface area contributed by atoms with Gasteiger partial charge < -0.3 is 10.8 Å². The average Bonchev–Trinajstić information content (AvgIpc) is 2.57. The first-order valence-electron chi connectivity index (χ1n) is 8.40. The fraction of sp³-hybridized carbons (Fsp3) is 0.333. The Morgan fingerprint density at radius 1 is 1.08 bits per heavy atom. The minimum atomic E-state index is 0. The Kier molecular flexibility index (Phi) is 12.4. The van der Waals surface area contributed by atoms with Gasteiger partial charge in [-0.05, 0) is 41.7 Å². The van der Waals surface area contributed by atoms with Crippen molar-refractivity contribution in [3.05, 3.63) is 76.5 Å². The van der Waals surface area contributed by atoms with Crippen LogP contribution in [0.3, 0.4) is 0 Å². The molecule has 0 unspecified atom stereocenters. The van der Waals surface area contributed by atoms with Crippen molar-refractivity contribution in [2.45, 2.75) is 47.0 Å². The van der Waals surface area contributed by atoms with Crippen molar-refractivity contribution < 1.29 is 56.5 Å². The van der Waals surface area contributed by atoms with Crippen LogP contribution in [-0.2, 0) is 6.42 Å². The third-order valence-corrected chi connectivity index (χ3v) is 3.57. The van der Waals surface area contributed by atoms with E-state index in [4.69, 9.17) is 5.73 Å². The van der Waals surface area contributed by atoms with Gasteiger partial charge in [0.05, 0.1) is 0 Å². The number of aryl methyl sites for hydroxylation is 1. The Morgan fingerprint density at radius 2 is 1.75 bits per heavy atom. The van der Waals surface area contributed by atoms with Gasteiger partial charge in [-0.1, -0.05) is 69.7 Å². The zero-order chi connectivity index (χ0) is 17.2. The van der Waals surface area contributed by atoms with E-state index in [-0.39, 0.29) is 51.4 Å². The molecule has 124 valence electrons. The maximum Gasteiger partial charge on any atom is 1.00 e. The number of unbranched alkanes of at least 4 members (excludes halogenated alkanes) is 1. The molecule has 0 saturated heterocycles. The molecule has 24 heavy (non-hydrogen) atoms. The Bertz CT molecular complexity index is 650. The first-order valence-corrected chi connectivity index (χ1v) is 8.40. The minimum Gasteiger partial charge on any atom is -0.698 e. The van der Waals surface area contributed by atoms with Crippen LogP contribution in [0.15, 0.2) is 48.5 Å². The van der Waals surface area contributed by atoms with E-state index in [0.29, 0.717) is 17.9 Å². The quantitative estimate of drug-likeness (QED) is 0.825. The van der Waals surface area contributed by atoms with Gasteiger partial charge in [0.1, 0.15) is 5.75 Å². The molecule has 2 aromatic carbocycles. The molecule has 0 radical (unpaired) electrons. The summed E-state index contributed by atoms with van der Waals surface area (Å²) in [7, 11) is 0. The van der Waals surface area contributed by atoms with Crippen LogP contribution in [0.5, 0.6) is 5.75 Å². The Hall–Kier alpha value is -0.584. The Morgan fingerprint density at radius 3 is 2.38 bits per heavy atom. The van der Waals surface area contributed by atoms with Crippen LogP contribution in [0.1, 0.15) is 55.9 Å². The van der Waals surface area contributed by atoms with Gasteiger partial charge in [-0.3, -0.25) is 0 Å². The third-order valence-electron chi connectivity index (χ3n) is 3.57. The molecule has 0 amide bonds. The Balaban J connectivity index is 0.00000170.